The van der Waals surface area contributed by atoms with Gasteiger partial charge in [0.1, 0.15) is 0 Å². The molecule has 1 heterocycles. The number of benzene rings is 3. The van der Waals surface area contributed by atoms with E-state index in [0.29, 0.717) is 0 Å². The zero-order valence-electron chi connectivity index (χ0n) is 13.3. The number of thioether (sulfide) groups is 1. The van der Waals surface area contributed by atoms with E-state index in [1.165, 1.54) is 16.1 Å². The number of rotatable bonds is 3. The number of para-hydroxylation sites is 2. The van der Waals surface area contributed by atoms with Gasteiger partial charge in [0.25, 0.3) is 0 Å². The number of hydrogen-bond donors (Lipinski definition) is 0. The van der Waals surface area contributed by atoms with E-state index in [2.05, 4.69) is 83.8 Å². The Kier molecular flexibility index (Phi) is 4.34. The van der Waals surface area contributed by atoms with Gasteiger partial charge in [0, 0.05) is 11.4 Å². The fourth-order valence-corrected chi connectivity index (χ4v) is 3.80. The van der Waals surface area contributed by atoms with Crippen LogP contribution in [0, 0.1) is 0 Å². The first kappa shape index (κ1) is 15.0. The minimum Gasteiger partial charge on any atom is -0.359 e. The van der Waals surface area contributed by atoms with Crippen LogP contribution in [0.3, 0.4) is 0 Å². The first-order chi connectivity index (χ1) is 11.9. The van der Waals surface area contributed by atoms with Crippen LogP contribution in [0.5, 0.6) is 0 Å². The molecule has 1 aliphatic rings. The smallest absolute Gasteiger partial charge is 0.0981 e. The molecule has 118 valence electrons. The van der Waals surface area contributed by atoms with Crippen molar-refractivity contribution in [1.29, 1.82) is 0 Å². The molecular formula is C21H18N2S. The van der Waals surface area contributed by atoms with E-state index in [1.54, 1.807) is 11.8 Å². The second-order valence-corrected chi connectivity index (χ2v) is 6.90. The van der Waals surface area contributed by atoms with Crippen molar-refractivity contribution < 1.29 is 0 Å². The Morgan fingerprint density at radius 2 is 1.46 bits per heavy atom. The average Bonchev–Trinajstić information content (AvgIpc) is 2.63. The lowest BCUT2D eigenvalue weighted by atomic mass is 10.1. The van der Waals surface area contributed by atoms with E-state index in [0.717, 1.165) is 23.8 Å². The van der Waals surface area contributed by atoms with Crippen molar-refractivity contribution in [1.82, 2.24) is 0 Å². The number of nitrogens with zero attached hydrogens (tertiary/aromatic N) is 2. The SMILES string of the molecule is c1ccc(CN2CC(Sc3ccccc3)=Nc3ccccc32)cc1. The molecule has 2 nitrogen and oxygen atoms in total. The van der Waals surface area contributed by atoms with Gasteiger partial charge in [-0.1, -0.05) is 72.4 Å². The Balaban J connectivity index is 1.62. The molecule has 0 N–H and O–H groups in total. The van der Waals surface area contributed by atoms with Crippen LogP contribution < -0.4 is 4.90 Å². The molecule has 24 heavy (non-hydrogen) atoms. The molecule has 0 spiro atoms. The average molecular weight is 330 g/mol. The van der Waals surface area contributed by atoms with Gasteiger partial charge < -0.3 is 4.90 Å². The van der Waals surface area contributed by atoms with Crippen molar-refractivity contribution in [2.45, 2.75) is 11.4 Å². The first-order valence-corrected chi connectivity index (χ1v) is 8.88. The van der Waals surface area contributed by atoms with E-state index in [1.807, 2.05) is 6.07 Å². The van der Waals surface area contributed by atoms with E-state index in [4.69, 9.17) is 4.99 Å². The second kappa shape index (κ2) is 6.93. The molecule has 3 heteroatoms. The van der Waals surface area contributed by atoms with Gasteiger partial charge in [-0.15, -0.1) is 0 Å². The summed E-state index contributed by atoms with van der Waals surface area (Å²) >= 11 is 1.75. The Morgan fingerprint density at radius 1 is 0.792 bits per heavy atom. The maximum Gasteiger partial charge on any atom is 0.0981 e. The quantitative estimate of drug-likeness (QED) is 0.627. The summed E-state index contributed by atoms with van der Waals surface area (Å²) < 4.78 is 0. The molecular weight excluding hydrogens is 312 g/mol. The molecule has 3 aromatic rings. The molecule has 0 atom stereocenters. The van der Waals surface area contributed by atoms with E-state index < -0.39 is 0 Å². The molecule has 0 bridgehead atoms. The zero-order valence-corrected chi connectivity index (χ0v) is 14.1. The number of fused-ring (bicyclic) bond motifs is 1. The summed E-state index contributed by atoms with van der Waals surface area (Å²) in [4.78, 5) is 8.51. The predicted octanol–water partition coefficient (Wildman–Crippen LogP) is 5.53. The van der Waals surface area contributed by atoms with E-state index in [9.17, 15) is 0 Å². The lowest BCUT2D eigenvalue weighted by Gasteiger charge is -2.30. The van der Waals surface area contributed by atoms with Gasteiger partial charge in [-0.3, -0.25) is 0 Å². The van der Waals surface area contributed by atoms with Gasteiger partial charge in [-0.2, -0.15) is 0 Å². The normalized spacial score (nSPS) is 13.3. The van der Waals surface area contributed by atoms with Crippen molar-refractivity contribution in [3.05, 3.63) is 90.5 Å². The van der Waals surface area contributed by atoms with Crippen LogP contribution in [0.15, 0.2) is 94.8 Å². The van der Waals surface area contributed by atoms with Gasteiger partial charge in [0.05, 0.1) is 23.0 Å². The van der Waals surface area contributed by atoms with Crippen LogP contribution in [0.2, 0.25) is 0 Å². The predicted molar refractivity (Wildman–Crippen MR) is 103 cm³/mol. The van der Waals surface area contributed by atoms with E-state index >= 15 is 0 Å². The maximum atomic E-state index is 4.87. The number of hydrogen-bond acceptors (Lipinski definition) is 3. The van der Waals surface area contributed by atoms with Crippen molar-refractivity contribution in [3.63, 3.8) is 0 Å². The van der Waals surface area contributed by atoms with E-state index in [-0.39, 0.29) is 0 Å². The minimum absolute atomic E-state index is 0.839. The highest BCUT2D eigenvalue weighted by molar-refractivity contribution is 8.14. The second-order valence-electron chi connectivity index (χ2n) is 5.75. The summed E-state index contributed by atoms with van der Waals surface area (Å²) in [7, 11) is 0. The summed E-state index contributed by atoms with van der Waals surface area (Å²) in [6.07, 6.45) is 0. The van der Waals surface area contributed by atoms with Gasteiger partial charge in [-0.25, -0.2) is 4.99 Å². The van der Waals surface area contributed by atoms with Gasteiger partial charge in [0.2, 0.25) is 0 Å². The highest BCUT2D eigenvalue weighted by Crippen LogP contribution is 2.36. The molecule has 4 rings (SSSR count). The largest absolute Gasteiger partial charge is 0.359 e. The summed E-state index contributed by atoms with van der Waals surface area (Å²) in [5, 5.41) is 1.14. The van der Waals surface area contributed by atoms with Crippen LogP contribution in [0.4, 0.5) is 11.4 Å². The zero-order chi connectivity index (χ0) is 16.2. The van der Waals surface area contributed by atoms with Crippen LogP contribution in [0.1, 0.15) is 5.56 Å². The highest BCUT2D eigenvalue weighted by Gasteiger charge is 2.20. The Labute approximate surface area is 146 Å². The monoisotopic (exact) mass is 330 g/mol. The van der Waals surface area contributed by atoms with Crippen molar-refractivity contribution in [2.75, 3.05) is 11.4 Å². The fraction of sp³-hybridized carbons (Fsp3) is 0.0952. The van der Waals surface area contributed by atoms with Crippen LogP contribution in [-0.2, 0) is 6.54 Å². The number of aliphatic imine (C=N–C) groups is 1. The third-order valence-electron chi connectivity index (χ3n) is 3.99. The van der Waals surface area contributed by atoms with Gasteiger partial charge in [-0.05, 0) is 29.8 Å². The summed E-state index contributed by atoms with van der Waals surface area (Å²) in [5.74, 6) is 0. The lowest BCUT2D eigenvalue weighted by Crippen LogP contribution is -2.30. The van der Waals surface area contributed by atoms with Crippen molar-refractivity contribution in [3.8, 4) is 0 Å². The molecule has 0 aromatic heterocycles. The topological polar surface area (TPSA) is 15.6 Å². The third-order valence-corrected chi connectivity index (χ3v) is 4.95. The standard InChI is InChI=1S/C21H18N2S/c1-3-9-17(10-4-1)15-23-16-21(24-18-11-5-2-6-12-18)22-19-13-7-8-14-20(19)23/h1-14H,15-16H2. The summed E-state index contributed by atoms with van der Waals surface area (Å²) in [5.41, 5.74) is 3.58. The first-order valence-electron chi connectivity index (χ1n) is 8.07. The molecule has 0 unspecified atom stereocenters. The van der Waals surface area contributed by atoms with Gasteiger partial charge >= 0.3 is 0 Å². The van der Waals surface area contributed by atoms with Crippen LogP contribution >= 0.6 is 11.8 Å². The minimum atomic E-state index is 0.839. The molecule has 0 saturated heterocycles. The molecule has 0 amide bonds. The van der Waals surface area contributed by atoms with Crippen molar-refractivity contribution >= 4 is 28.2 Å². The Morgan fingerprint density at radius 3 is 2.25 bits per heavy atom. The van der Waals surface area contributed by atoms with Crippen molar-refractivity contribution in [2.24, 2.45) is 4.99 Å². The maximum absolute atomic E-state index is 4.87. The van der Waals surface area contributed by atoms with Crippen LogP contribution in [-0.4, -0.2) is 11.6 Å². The lowest BCUT2D eigenvalue weighted by molar-refractivity contribution is 0.879. The van der Waals surface area contributed by atoms with Gasteiger partial charge in [0.15, 0.2) is 0 Å². The highest BCUT2D eigenvalue weighted by atomic mass is 32.2. The Bertz CT molecular complexity index is 844. The number of anilines is 1. The molecule has 1 aliphatic heterocycles. The molecule has 0 aliphatic carbocycles. The summed E-state index contributed by atoms with van der Waals surface area (Å²) in [6.45, 7) is 1.73. The fourth-order valence-electron chi connectivity index (χ4n) is 2.87. The molecule has 0 radical (unpaired) electrons. The molecule has 3 aromatic carbocycles. The Hall–Kier alpha value is -2.52. The third kappa shape index (κ3) is 3.36. The molecule has 0 saturated carbocycles. The molecule has 0 fully saturated rings. The van der Waals surface area contributed by atoms with Crippen LogP contribution in [0.25, 0.3) is 0 Å². The summed E-state index contributed by atoms with van der Waals surface area (Å²) in [6, 6.07) is 29.5.